The molecule has 5 heteroatoms. The lowest BCUT2D eigenvalue weighted by Crippen LogP contribution is -2.44. The minimum absolute atomic E-state index is 0.191. The molecule has 0 heterocycles. The largest absolute Gasteiger partial charge is 0.480 e. The van der Waals surface area contributed by atoms with Crippen LogP contribution < -0.4 is 5.32 Å². The summed E-state index contributed by atoms with van der Waals surface area (Å²) < 4.78 is 4.99. The molecule has 0 aliphatic heterocycles. The van der Waals surface area contributed by atoms with Crippen molar-refractivity contribution < 1.29 is 19.4 Å². The Morgan fingerprint density at radius 1 is 1.31 bits per heavy atom. The Morgan fingerprint density at radius 2 is 1.81 bits per heavy atom. The third kappa shape index (κ3) is 7.09. The molecule has 0 rings (SSSR count). The number of carboxylic acid groups (broad SMARTS) is 1. The molecule has 0 aliphatic rings. The van der Waals surface area contributed by atoms with Gasteiger partial charge in [0.2, 0.25) is 0 Å². The van der Waals surface area contributed by atoms with E-state index in [4.69, 9.17) is 9.84 Å². The molecule has 0 spiro atoms. The quantitative estimate of drug-likeness (QED) is 0.576. The first-order valence-electron chi connectivity index (χ1n) is 5.34. The number of carboxylic acids is 1. The van der Waals surface area contributed by atoms with Gasteiger partial charge in [-0.15, -0.1) is 0 Å². The van der Waals surface area contributed by atoms with Crippen LogP contribution in [0, 0.1) is 5.92 Å². The monoisotopic (exact) mass is 234 g/mol. The second-order valence-corrected chi connectivity index (χ2v) is 5.17. The van der Waals surface area contributed by atoms with Crippen molar-refractivity contribution >= 4 is 12.1 Å². The van der Waals surface area contributed by atoms with Crippen LogP contribution in [0.15, 0.2) is 0 Å². The number of aliphatic carboxylic acids is 1. The van der Waals surface area contributed by atoms with Gasteiger partial charge in [-0.1, -0.05) is 13.8 Å². The SMILES string of the molecule is CC(C)C[13C@H]([15NH]C(=O)OC(C)(C)C)[13C](=O)O. The van der Waals surface area contributed by atoms with E-state index < -0.39 is 23.7 Å². The fourth-order valence-electron chi connectivity index (χ4n) is 1.14. The van der Waals surface area contributed by atoms with Crippen LogP contribution in [0.25, 0.3) is 0 Å². The van der Waals surface area contributed by atoms with Gasteiger partial charge in [0.1, 0.15) is 11.6 Å². The van der Waals surface area contributed by atoms with Gasteiger partial charge in [0, 0.05) is 0 Å². The van der Waals surface area contributed by atoms with Crippen molar-refractivity contribution in [3.63, 3.8) is 0 Å². The molecule has 0 saturated heterocycles. The molecule has 0 unspecified atom stereocenters. The molecule has 0 aromatic carbocycles. The Balaban J connectivity index is 4.30. The summed E-state index contributed by atoms with van der Waals surface area (Å²) in [6.07, 6.45) is -0.310. The van der Waals surface area contributed by atoms with E-state index in [2.05, 4.69) is 5.32 Å². The number of hydrogen-bond donors (Lipinski definition) is 2. The molecule has 2 N–H and O–H groups in total. The summed E-state index contributed by atoms with van der Waals surface area (Å²) in [7, 11) is 0. The smallest absolute Gasteiger partial charge is 0.408 e. The predicted octanol–water partition coefficient (Wildman–Crippen LogP) is 2.01. The number of carbonyl (C=O) groups excluding carboxylic acids is 1. The van der Waals surface area contributed by atoms with Crippen molar-refractivity contribution in [2.75, 3.05) is 0 Å². The molecule has 5 nitrogen and oxygen atoms in total. The Bertz CT molecular complexity index is 255. The van der Waals surface area contributed by atoms with Crippen molar-refractivity contribution in [2.45, 2.75) is 52.7 Å². The summed E-state index contributed by atoms with van der Waals surface area (Å²) in [5, 5.41) is 11.2. The summed E-state index contributed by atoms with van der Waals surface area (Å²) in [6.45, 7) is 8.97. The van der Waals surface area contributed by atoms with Crippen LogP contribution in [0.2, 0.25) is 0 Å². The van der Waals surface area contributed by atoms with Gasteiger partial charge in [0.15, 0.2) is 0 Å². The molecule has 1 amide bonds. The number of rotatable bonds is 4. The zero-order valence-corrected chi connectivity index (χ0v) is 10.5. The van der Waals surface area contributed by atoms with Gasteiger partial charge in [-0.25, -0.2) is 9.59 Å². The van der Waals surface area contributed by atoms with Crippen LogP contribution >= 0.6 is 0 Å². The molecule has 0 radical (unpaired) electrons. The molecule has 16 heavy (non-hydrogen) atoms. The van der Waals surface area contributed by atoms with Crippen LogP contribution in [0.4, 0.5) is 4.79 Å². The topological polar surface area (TPSA) is 75.6 Å². The van der Waals surface area contributed by atoms with Gasteiger partial charge < -0.3 is 15.2 Å². The molecule has 0 aliphatic carbocycles. The van der Waals surface area contributed by atoms with E-state index in [1.807, 2.05) is 13.8 Å². The standard InChI is InChI=1S/C11H21NO4/c1-7(2)6-8(9(13)14)12-10(15)16-11(3,4)5/h7-8H,6H2,1-5H3,(H,12,15)(H,13,14)/t8-/m0/s1/i8+1,9+1,12+1. The van der Waals surface area contributed by atoms with Crippen molar-refractivity contribution in [1.29, 1.82) is 0 Å². The number of hydrogen-bond acceptors (Lipinski definition) is 3. The van der Waals surface area contributed by atoms with Crippen LogP contribution in [-0.2, 0) is 9.53 Å². The van der Waals surface area contributed by atoms with Gasteiger partial charge in [0.05, 0.1) is 0 Å². The summed E-state index contributed by atoms with van der Waals surface area (Å²) in [5.41, 5.74) is -0.620. The van der Waals surface area contributed by atoms with Crippen LogP contribution in [0.1, 0.15) is 41.0 Å². The van der Waals surface area contributed by atoms with E-state index in [-0.39, 0.29) is 5.92 Å². The number of amides is 1. The molecule has 0 aromatic heterocycles. The molecule has 0 bridgehead atoms. The highest BCUT2D eigenvalue weighted by Crippen LogP contribution is 2.09. The molecule has 0 aromatic rings. The highest BCUT2D eigenvalue weighted by atomic mass is 16.6. The number of nitrogens with one attached hydrogen (secondary N) is 1. The lowest BCUT2D eigenvalue weighted by atomic mass is 10.2. The molecular weight excluding hydrogens is 213 g/mol. The van der Waals surface area contributed by atoms with E-state index >= 15 is 0 Å². The second kappa shape index (κ2) is 5.72. The normalized spacial score (nSPS) is 13.4. The van der Waals surface area contributed by atoms with Crippen molar-refractivity contribution in [3.05, 3.63) is 0 Å². The number of carbonyl (C=O) groups is 2. The second-order valence-electron chi connectivity index (χ2n) is 5.17. The minimum atomic E-state index is -1.04. The molecule has 0 fully saturated rings. The first kappa shape index (κ1) is 14.7. The van der Waals surface area contributed by atoms with Gasteiger partial charge >= 0.3 is 12.1 Å². The van der Waals surface area contributed by atoms with Gasteiger partial charge in [-0.2, -0.15) is 0 Å². The fraction of sp³-hybridized carbons (Fsp3) is 0.818. The maximum Gasteiger partial charge on any atom is 0.408 e. The Morgan fingerprint density at radius 3 is 2.12 bits per heavy atom. The maximum absolute atomic E-state index is 11.4. The molecular formula is C11H21NO4. The third-order valence-electron chi connectivity index (χ3n) is 1.70. The van der Waals surface area contributed by atoms with Gasteiger partial charge in [-0.05, 0) is 33.1 Å². The average Bonchev–Trinajstić information content (AvgIpc) is 1.97. The maximum atomic E-state index is 11.4. The molecule has 94 valence electrons. The highest BCUT2D eigenvalue weighted by molar-refractivity contribution is 5.79. The van der Waals surface area contributed by atoms with Crippen molar-refractivity contribution in [2.24, 2.45) is 5.92 Å². The third-order valence-corrected chi connectivity index (χ3v) is 1.70. The Kier molecular flexibility index (Phi) is 5.27. The minimum Gasteiger partial charge on any atom is -0.480 e. The van der Waals surface area contributed by atoms with E-state index in [1.165, 1.54) is 0 Å². The zero-order valence-electron chi connectivity index (χ0n) is 10.5. The van der Waals surface area contributed by atoms with Crippen LogP contribution in [0.5, 0.6) is 0 Å². The highest BCUT2D eigenvalue weighted by Gasteiger charge is 2.24. The Labute approximate surface area is 96.2 Å². The van der Waals surface area contributed by atoms with E-state index in [9.17, 15) is 9.59 Å². The van der Waals surface area contributed by atoms with Crippen molar-refractivity contribution in [1.82, 2.24) is 5.32 Å². The van der Waals surface area contributed by atoms with Crippen LogP contribution in [0.3, 0.4) is 0 Å². The van der Waals surface area contributed by atoms with E-state index in [1.54, 1.807) is 20.8 Å². The number of ether oxygens (including phenoxy) is 1. The fourth-order valence-corrected chi connectivity index (χ4v) is 1.14. The predicted molar refractivity (Wildman–Crippen MR) is 60.2 cm³/mol. The first-order chi connectivity index (χ1) is 7.11. The molecule has 0 saturated carbocycles. The lowest BCUT2D eigenvalue weighted by molar-refractivity contribution is -0.139. The van der Waals surface area contributed by atoms with Crippen molar-refractivity contribution in [3.8, 4) is 0 Å². The van der Waals surface area contributed by atoms with E-state index in [0.29, 0.717) is 6.42 Å². The van der Waals surface area contributed by atoms with E-state index in [0.717, 1.165) is 0 Å². The van der Waals surface area contributed by atoms with Gasteiger partial charge in [-0.3, -0.25) is 0 Å². The lowest BCUT2D eigenvalue weighted by Gasteiger charge is -2.22. The van der Waals surface area contributed by atoms with Crippen LogP contribution in [-0.4, -0.2) is 28.8 Å². The summed E-state index contributed by atoms with van der Waals surface area (Å²) in [5.74, 6) is -0.851. The van der Waals surface area contributed by atoms with Gasteiger partial charge in [0.25, 0.3) is 0 Å². The number of alkyl carbamates (subject to hydrolysis) is 1. The zero-order chi connectivity index (χ0) is 12.9. The summed E-state index contributed by atoms with van der Waals surface area (Å²) in [4.78, 5) is 22.2. The Hall–Kier alpha value is -1.26. The molecule has 1 atom stereocenters. The average molecular weight is 234 g/mol. The first-order valence-corrected chi connectivity index (χ1v) is 5.34. The summed E-state index contributed by atoms with van der Waals surface area (Å²) in [6, 6.07) is -0.894. The summed E-state index contributed by atoms with van der Waals surface area (Å²) >= 11 is 0.